The van der Waals surface area contributed by atoms with Crippen molar-refractivity contribution in [1.29, 1.82) is 0 Å². The summed E-state index contributed by atoms with van der Waals surface area (Å²) in [5.41, 5.74) is 2.18. The molecule has 0 spiro atoms. The van der Waals surface area contributed by atoms with Crippen LogP contribution in [0.1, 0.15) is 30.6 Å². The Bertz CT molecular complexity index is 683. The smallest absolute Gasteiger partial charge is 0.218 e. The highest BCUT2D eigenvalue weighted by Crippen LogP contribution is 2.15. The average molecular weight is 484 g/mol. The van der Waals surface area contributed by atoms with Crippen molar-refractivity contribution < 1.29 is 9.47 Å². The van der Waals surface area contributed by atoms with Crippen molar-refractivity contribution in [3.63, 3.8) is 0 Å². The first-order valence-electron chi connectivity index (χ1n) is 8.83. The quantitative estimate of drug-likeness (QED) is 0.247. The summed E-state index contributed by atoms with van der Waals surface area (Å²) < 4.78 is 11.1. The average Bonchev–Trinajstić information content (AvgIpc) is 2.70. The van der Waals surface area contributed by atoms with Gasteiger partial charge in [-0.05, 0) is 25.0 Å². The minimum Gasteiger partial charge on any atom is -0.481 e. The van der Waals surface area contributed by atoms with Gasteiger partial charge in [0.05, 0.1) is 13.2 Å². The van der Waals surface area contributed by atoms with Crippen LogP contribution in [0.5, 0.6) is 5.88 Å². The maximum atomic E-state index is 5.88. The number of hydrogen-bond donors (Lipinski definition) is 2. The highest BCUT2D eigenvalue weighted by molar-refractivity contribution is 14.0. The number of nitrogens with zero attached hydrogens (tertiary/aromatic N) is 2. The minimum atomic E-state index is 0. The summed E-state index contributed by atoms with van der Waals surface area (Å²) in [7, 11) is 3.37. The lowest BCUT2D eigenvalue weighted by Crippen LogP contribution is -2.37. The fourth-order valence-corrected chi connectivity index (χ4v) is 2.50. The van der Waals surface area contributed by atoms with Crippen molar-refractivity contribution in [2.75, 3.05) is 27.3 Å². The molecule has 1 unspecified atom stereocenters. The van der Waals surface area contributed by atoms with Crippen LogP contribution in [0.2, 0.25) is 0 Å². The highest BCUT2D eigenvalue weighted by Gasteiger charge is 2.06. The van der Waals surface area contributed by atoms with Gasteiger partial charge in [0.25, 0.3) is 0 Å². The molecule has 0 radical (unpaired) electrons. The fourth-order valence-electron chi connectivity index (χ4n) is 2.50. The van der Waals surface area contributed by atoms with Gasteiger partial charge in [0, 0.05) is 38.5 Å². The van der Waals surface area contributed by atoms with Gasteiger partial charge in [0.1, 0.15) is 0 Å². The second-order valence-corrected chi connectivity index (χ2v) is 5.80. The Morgan fingerprint density at radius 1 is 1.15 bits per heavy atom. The third-order valence-corrected chi connectivity index (χ3v) is 3.96. The molecule has 0 saturated heterocycles. The van der Waals surface area contributed by atoms with Crippen molar-refractivity contribution >= 4 is 29.9 Å². The zero-order valence-electron chi connectivity index (χ0n) is 16.1. The van der Waals surface area contributed by atoms with E-state index in [1.54, 1.807) is 20.4 Å². The van der Waals surface area contributed by atoms with Crippen LogP contribution in [0.25, 0.3) is 0 Å². The van der Waals surface area contributed by atoms with Crippen LogP contribution in [0.15, 0.2) is 53.7 Å². The van der Waals surface area contributed by atoms with Crippen LogP contribution >= 0.6 is 24.0 Å². The molecule has 2 rings (SSSR count). The minimum absolute atomic E-state index is 0. The molecule has 0 amide bonds. The maximum Gasteiger partial charge on any atom is 0.218 e. The van der Waals surface area contributed by atoms with Gasteiger partial charge in [-0.1, -0.05) is 36.4 Å². The van der Waals surface area contributed by atoms with E-state index < -0.39 is 0 Å². The number of nitrogens with one attached hydrogen (secondary N) is 2. The number of pyridine rings is 1. The molecule has 1 heterocycles. The van der Waals surface area contributed by atoms with Crippen LogP contribution < -0.4 is 15.4 Å². The van der Waals surface area contributed by atoms with E-state index in [9.17, 15) is 0 Å². The Morgan fingerprint density at radius 2 is 1.93 bits per heavy atom. The number of ether oxygens (including phenoxy) is 2. The lowest BCUT2D eigenvalue weighted by atomic mass is 10.1. The van der Waals surface area contributed by atoms with Gasteiger partial charge in [-0.15, -0.1) is 24.0 Å². The monoisotopic (exact) mass is 484 g/mol. The molecule has 0 aliphatic carbocycles. The molecule has 1 aromatic heterocycles. The molecule has 1 atom stereocenters. The molecule has 0 aliphatic rings. The number of guanidine groups is 1. The summed E-state index contributed by atoms with van der Waals surface area (Å²) in [5, 5.41) is 6.55. The van der Waals surface area contributed by atoms with Gasteiger partial charge in [-0.25, -0.2) is 4.98 Å². The van der Waals surface area contributed by atoms with Gasteiger partial charge in [-0.2, -0.15) is 0 Å². The van der Waals surface area contributed by atoms with E-state index in [0.717, 1.165) is 24.5 Å². The largest absolute Gasteiger partial charge is 0.481 e. The van der Waals surface area contributed by atoms with Crippen molar-refractivity contribution in [1.82, 2.24) is 15.6 Å². The Morgan fingerprint density at radius 3 is 2.63 bits per heavy atom. The number of aliphatic imine (C=N–C) groups is 1. The molecule has 0 fully saturated rings. The lowest BCUT2D eigenvalue weighted by Gasteiger charge is -2.15. The normalized spacial score (nSPS) is 12.0. The maximum absolute atomic E-state index is 5.88. The molecule has 2 N–H and O–H groups in total. The summed E-state index contributed by atoms with van der Waals surface area (Å²) in [6.45, 7) is 4.14. The number of methoxy groups -OCH3 is 1. The zero-order valence-corrected chi connectivity index (χ0v) is 18.5. The predicted octanol–water partition coefficient (Wildman–Crippen LogP) is 3.54. The molecular weight excluding hydrogens is 455 g/mol. The van der Waals surface area contributed by atoms with Gasteiger partial charge >= 0.3 is 0 Å². The number of benzene rings is 1. The summed E-state index contributed by atoms with van der Waals surface area (Å²) in [5.74, 6) is 1.37. The van der Waals surface area contributed by atoms with Crippen molar-refractivity contribution in [2.45, 2.75) is 26.0 Å². The van der Waals surface area contributed by atoms with Gasteiger partial charge in [0.15, 0.2) is 5.96 Å². The standard InChI is InChI=1S/C20H28N4O2.HI/c1-16(17-9-5-4-6-10-17)26-14-8-13-23-20(21-2)24-15-18-11-7-12-22-19(18)25-3;/h4-7,9-12,16H,8,13-15H2,1-3H3,(H2,21,23,24);1H. The second kappa shape index (κ2) is 13.3. The van der Waals surface area contributed by atoms with Gasteiger partial charge < -0.3 is 20.1 Å². The first kappa shape index (κ1) is 23.2. The van der Waals surface area contributed by atoms with E-state index in [-0.39, 0.29) is 30.1 Å². The van der Waals surface area contributed by atoms with E-state index in [4.69, 9.17) is 9.47 Å². The fraction of sp³-hybridized carbons (Fsp3) is 0.400. The number of aromatic nitrogens is 1. The zero-order chi connectivity index (χ0) is 18.6. The first-order valence-corrected chi connectivity index (χ1v) is 8.83. The summed E-state index contributed by atoms with van der Waals surface area (Å²) in [6, 6.07) is 14.1. The summed E-state index contributed by atoms with van der Waals surface area (Å²) in [6.07, 6.45) is 2.71. The Balaban J connectivity index is 0.00000364. The molecule has 1 aromatic carbocycles. The van der Waals surface area contributed by atoms with Crippen molar-refractivity contribution in [2.24, 2.45) is 4.99 Å². The molecule has 0 aliphatic heterocycles. The van der Waals surface area contributed by atoms with Gasteiger partial charge in [-0.3, -0.25) is 4.99 Å². The van der Waals surface area contributed by atoms with E-state index in [1.165, 1.54) is 5.56 Å². The third-order valence-electron chi connectivity index (χ3n) is 3.96. The van der Waals surface area contributed by atoms with Crippen LogP contribution in [0.4, 0.5) is 0 Å². The topological polar surface area (TPSA) is 67.8 Å². The van der Waals surface area contributed by atoms with E-state index in [2.05, 4.69) is 39.7 Å². The Labute approximate surface area is 178 Å². The molecule has 27 heavy (non-hydrogen) atoms. The number of rotatable bonds is 9. The van der Waals surface area contributed by atoms with E-state index >= 15 is 0 Å². The van der Waals surface area contributed by atoms with Crippen molar-refractivity contribution in [3.05, 3.63) is 59.8 Å². The third kappa shape index (κ3) is 8.13. The van der Waals surface area contributed by atoms with Gasteiger partial charge in [0.2, 0.25) is 5.88 Å². The predicted molar refractivity (Wildman–Crippen MR) is 120 cm³/mol. The summed E-state index contributed by atoms with van der Waals surface area (Å²) in [4.78, 5) is 8.42. The number of hydrogen-bond acceptors (Lipinski definition) is 4. The van der Waals surface area contributed by atoms with Crippen LogP contribution in [0, 0.1) is 0 Å². The van der Waals surface area contributed by atoms with Crippen LogP contribution in [0.3, 0.4) is 0 Å². The summed E-state index contributed by atoms with van der Waals surface area (Å²) >= 11 is 0. The Kier molecular flexibility index (Phi) is 11.4. The van der Waals surface area contributed by atoms with Crippen LogP contribution in [-0.2, 0) is 11.3 Å². The Hall–Kier alpha value is -1.87. The first-order chi connectivity index (χ1) is 12.7. The molecule has 6 nitrogen and oxygen atoms in total. The molecular formula is C20H29IN4O2. The molecule has 2 aromatic rings. The second-order valence-electron chi connectivity index (χ2n) is 5.80. The van der Waals surface area contributed by atoms with E-state index in [0.29, 0.717) is 19.0 Å². The van der Waals surface area contributed by atoms with Crippen LogP contribution in [-0.4, -0.2) is 38.3 Å². The molecule has 0 saturated carbocycles. The molecule has 0 bridgehead atoms. The van der Waals surface area contributed by atoms with E-state index in [1.807, 2.05) is 30.3 Å². The lowest BCUT2D eigenvalue weighted by molar-refractivity contribution is 0.0646. The highest BCUT2D eigenvalue weighted by atomic mass is 127. The van der Waals surface area contributed by atoms with Crippen molar-refractivity contribution in [3.8, 4) is 5.88 Å². The molecule has 7 heteroatoms. The number of halogens is 1. The molecule has 148 valence electrons. The SMILES string of the molecule is CN=C(NCCCOC(C)c1ccccc1)NCc1cccnc1OC.I.